The highest BCUT2D eigenvalue weighted by Gasteiger charge is 2.03. The highest BCUT2D eigenvalue weighted by Crippen LogP contribution is 2.14. The van der Waals surface area contributed by atoms with Crippen molar-refractivity contribution in [2.75, 3.05) is 25.6 Å². The van der Waals surface area contributed by atoms with E-state index < -0.39 is 0 Å². The number of aromatic nitrogens is 2. The third-order valence-electron chi connectivity index (χ3n) is 2.54. The molecule has 0 aliphatic rings. The standard InChI is InChI=1S/C13H17N3O/c1-11-3-5-12(6-4-11)16-9-7-14-13(16)15-8-10-17-2/h3-7,9H,8,10H2,1-2H3,(H,14,15). The molecule has 1 aromatic carbocycles. The number of aryl methyl sites for hydroxylation is 1. The Labute approximate surface area is 101 Å². The Hall–Kier alpha value is -1.81. The lowest BCUT2D eigenvalue weighted by molar-refractivity contribution is 0.210. The van der Waals surface area contributed by atoms with E-state index in [9.17, 15) is 0 Å². The first-order valence-electron chi connectivity index (χ1n) is 5.64. The molecule has 0 spiro atoms. The number of methoxy groups -OCH3 is 1. The molecule has 0 saturated heterocycles. The zero-order valence-corrected chi connectivity index (χ0v) is 10.2. The second-order valence-corrected chi connectivity index (χ2v) is 3.88. The Morgan fingerprint density at radius 3 is 2.76 bits per heavy atom. The van der Waals surface area contributed by atoms with Gasteiger partial charge in [0.15, 0.2) is 0 Å². The Balaban J connectivity index is 2.15. The van der Waals surface area contributed by atoms with Gasteiger partial charge in [0, 0.05) is 31.7 Å². The number of benzene rings is 1. The number of ether oxygens (including phenoxy) is 1. The van der Waals surface area contributed by atoms with Crippen LogP contribution in [0, 0.1) is 6.92 Å². The van der Waals surface area contributed by atoms with Crippen molar-refractivity contribution in [2.45, 2.75) is 6.92 Å². The third-order valence-corrected chi connectivity index (χ3v) is 2.54. The van der Waals surface area contributed by atoms with Crippen LogP contribution in [0.25, 0.3) is 5.69 Å². The van der Waals surface area contributed by atoms with Crippen molar-refractivity contribution in [3.05, 3.63) is 42.2 Å². The molecule has 0 fully saturated rings. The molecule has 90 valence electrons. The molecular formula is C13H17N3O. The van der Waals surface area contributed by atoms with E-state index in [2.05, 4.69) is 41.5 Å². The smallest absolute Gasteiger partial charge is 0.207 e. The number of imidazole rings is 1. The van der Waals surface area contributed by atoms with Gasteiger partial charge in [-0.15, -0.1) is 0 Å². The van der Waals surface area contributed by atoms with Crippen molar-refractivity contribution in [1.29, 1.82) is 0 Å². The summed E-state index contributed by atoms with van der Waals surface area (Å²) in [5.74, 6) is 0.839. The predicted molar refractivity (Wildman–Crippen MR) is 68.7 cm³/mol. The summed E-state index contributed by atoms with van der Waals surface area (Å²) in [5, 5.41) is 3.23. The molecule has 1 heterocycles. The van der Waals surface area contributed by atoms with Crippen molar-refractivity contribution >= 4 is 5.95 Å². The van der Waals surface area contributed by atoms with Gasteiger partial charge in [-0.25, -0.2) is 4.98 Å². The number of nitrogens with one attached hydrogen (secondary N) is 1. The van der Waals surface area contributed by atoms with Crippen molar-refractivity contribution in [2.24, 2.45) is 0 Å². The molecular weight excluding hydrogens is 214 g/mol. The van der Waals surface area contributed by atoms with Gasteiger partial charge in [0.1, 0.15) is 0 Å². The zero-order valence-electron chi connectivity index (χ0n) is 10.2. The summed E-state index contributed by atoms with van der Waals surface area (Å²) in [7, 11) is 1.69. The summed E-state index contributed by atoms with van der Waals surface area (Å²) in [4.78, 5) is 4.28. The summed E-state index contributed by atoms with van der Waals surface area (Å²) < 4.78 is 7.02. The maximum atomic E-state index is 5.00. The predicted octanol–water partition coefficient (Wildman–Crippen LogP) is 2.24. The van der Waals surface area contributed by atoms with Crippen LogP contribution in [0.4, 0.5) is 5.95 Å². The second kappa shape index (κ2) is 5.50. The van der Waals surface area contributed by atoms with Gasteiger partial charge in [-0.1, -0.05) is 17.7 Å². The van der Waals surface area contributed by atoms with Crippen LogP contribution in [-0.4, -0.2) is 29.8 Å². The lowest BCUT2D eigenvalue weighted by atomic mass is 10.2. The number of hydrogen-bond donors (Lipinski definition) is 1. The Morgan fingerprint density at radius 1 is 1.29 bits per heavy atom. The molecule has 0 radical (unpaired) electrons. The number of rotatable bonds is 5. The minimum Gasteiger partial charge on any atom is -0.383 e. The summed E-state index contributed by atoms with van der Waals surface area (Å²) in [6.07, 6.45) is 3.73. The van der Waals surface area contributed by atoms with E-state index >= 15 is 0 Å². The summed E-state index contributed by atoms with van der Waals surface area (Å²) >= 11 is 0. The molecule has 0 bridgehead atoms. The lowest BCUT2D eigenvalue weighted by Crippen LogP contribution is -2.11. The Kier molecular flexibility index (Phi) is 3.77. The molecule has 0 saturated carbocycles. The van der Waals surface area contributed by atoms with E-state index in [1.54, 1.807) is 13.3 Å². The molecule has 17 heavy (non-hydrogen) atoms. The number of anilines is 1. The average molecular weight is 231 g/mol. The fourth-order valence-corrected chi connectivity index (χ4v) is 1.61. The maximum Gasteiger partial charge on any atom is 0.207 e. The lowest BCUT2D eigenvalue weighted by Gasteiger charge is -2.09. The fourth-order valence-electron chi connectivity index (χ4n) is 1.61. The van der Waals surface area contributed by atoms with E-state index in [1.165, 1.54) is 5.56 Å². The second-order valence-electron chi connectivity index (χ2n) is 3.88. The largest absolute Gasteiger partial charge is 0.383 e. The average Bonchev–Trinajstić information content (AvgIpc) is 2.79. The molecule has 4 heteroatoms. The third kappa shape index (κ3) is 2.85. The van der Waals surface area contributed by atoms with Crippen LogP contribution in [0.2, 0.25) is 0 Å². The van der Waals surface area contributed by atoms with Gasteiger partial charge in [0.25, 0.3) is 0 Å². The van der Waals surface area contributed by atoms with Gasteiger partial charge in [-0.3, -0.25) is 4.57 Å². The summed E-state index contributed by atoms with van der Waals surface area (Å²) in [6, 6.07) is 8.35. The Bertz CT molecular complexity index is 462. The molecule has 0 atom stereocenters. The van der Waals surface area contributed by atoms with Gasteiger partial charge in [-0.2, -0.15) is 0 Å². The van der Waals surface area contributed by atoms with Gasteiger partial charge in [0.2, 0.25) is 5.95 Å². The van der Waals surface area contributed by atoms with Crippen molar-refractivity contribution in [3.8, 4) is 5.69 Å². The normalized spacial score (nSPS) is 10.5. The topological polar surface area (TPSA) is 39.1 Å². The van der Waals surface area contributed by atoms with Crippen LogP contribution < -0.4 is 5.32 Å². The quantitative estimate of drug-likeness (QED) is 0.802. The van der Waals surface area contributed by atoms with E-state index in [0.717, 1.165) is 18.2 Å². The van der Waals surface area contributed by atoms with Crippen LogP contribution >= 0.6 is 0 Å². The van der Waals surface area contributed by atoms with Crippen molar-refractivity contribution < 1.29 is 4.74 Å². The molecule has 0 aliphatic carbocycles. The van der Waals surface area contributed by atoms with E-state index in [4.69, 9.17) is 4.74 Å². The van der Waals surface area contributed by atoms with Crippen LogP contribution in [0.5, 0.6) is 0 Å². The highest BCUT2D eigenvalue weighted by molar-refractivity contribution is 5.42. The van der Waals surface area contributed by atoms with Gasteiger partial charge in [-0.05, 0) is 19.1 Å². The zero-order chi connectivity index (χ0) is 12.1. The van der Waals surface area contributed by atoms with E-state index in [0.29, 0.717) is 6.61 Å². The van der Waals surface area contributed by atoms with Crippen LogP contribution in [-0.2, 0) is 4.74 Å². The summed E-state index contributed by atoms with van der Waals surface area (Å²) in [5.41, 5.74) is 2.36. The molecule has 0 aliphatic heterocycles. The highest BCUT2D eigenvalue weighted by atomic mass is 16.5. The summed E-state index contributed by atoms with van der Waals surface area (Å²) in [6.45, 7) is 3.50. The first kappa shape index (κ1) is 11.7. The maximum absolute atomic E-state index is 5.00. The SMILES string of the molecule is COCCNc1nccn1-c1ccc(C)cc1. The van der Waals surface area contributed by atoms with Crippen molar-refractivity contribution in [3.63, 3.8) is 0 Å². The molecule has 1 N–H and O–H groups in total. The minimum absolute atomic E-state index is 0.667. The van der Waals surface area contributed by atoms with Crippen LogP contribution in [0.3, 0.4) is 0 Å². The minimum atomic E-state index is 0.667. The molecule has 0 amide bonds. The van der Waals surface area contributed by atoms with Crippen LogP contribution in [0.1, 0.15) is 5.56 Å². The van der Waals surface area contributed by atoms with E-state index in [1.807, 2.05) is 10.8 Å². The molecule has 2 rings (SSSR count). The van der Waals surface area contributed by atoms with Gasteiger partial charge >= 0.3 is 0 Å². The van der Waals surface area contributed by atoms with Gasteiger partial charge < -0.3 is 10.1 Å². The van der Waals surface area contributed by atoms with Gasteiger partial charge in [0.05, 0.1) is 6.61 Å². The fraction of sp³-hybridized carbons (Fsp3) is 0.308. The van der Waals surface area contributed by atoms with Crippen molar-refractivity contribution in [1.82, 2.24) is 9.55 Å². The number of hydrogen-bond acceptors (Lipinski definition) is 3. The monoisotopic (exact) mass is 231 g/mol. The molecule has 1 aromatic heterocycles. The molecule has 0 unspecified atom stereocenters. The molecule has 2 aromatic rings. The van der Waals surface area contributed by atoms with Crippen LogP contribution in [0.15, 0.2) is 36.7 Å². The number of nitrogens with zero attached hydrogens (tertiary/aromatic N) is 2. The first-order valence-corrected chi connectivity index (χ1v) is 5.64. The van der Waals surface area contributed by atoms with E-state index in [-0.39, 0.29) is 0 Å². The Morgan fingerprint density at radius 2 is 2.06 bits per heavy atom. The molecule has 4 nitrogen and oxygen atoms in total. The first-order chi connectivity index (χ1) is 8.31.